The summed E-state index contributed by atoms with van der Waals surface area (Å²) in [5.74, 6) is -0.842. The molecular formula is C17H15FN2O2S. The third kappa shape index (κ3) is 3.09. The Kier molecular flexibility index (Phi) is 4.36. The van der Waals surface area contributed by atoms with E-state index in [1.165, 1.54) is 13.0 Å². The van der Waals surface area contributed by atoms with E-state index in [9.17, 15) is 14.3 Å². The molecule has 0 aliphatic heterocycles. The first-order valence-electron chi connectivity index (χ1n) is 7.15. The highest BCUT2D eigenvalue weighted by Gasteiger charge is 2.24. The number of nitrogens with zero attached hydrogens (tertiary/aromatic N) is 1. The first-order valence-corrected chi connectivity index (χ1v) is 7.93. The molecule has 3 rings (SSSR count). The molecule has 0 saturated heterocycles. The van der Waals surface area contributed by atoms with Crippen molar-refractivity contribution in [2.24, 2.45) is 0 Å². The fourth-order valence-electron chi connectivity index (χ4n) is 2.45. The van der Waals surface area contributed by atoms with Crippen LogP contribution in [0.1, 0.15) is 28.2 Å². The molecule has 1 amide bonds. The van der Waals surface area contributed by atoms with Crippen molar-refractivity contribution in [2.45, 2.75) is 19.1 Å². The number of carbonyl (C=O) groups is 1. The summed E-state index contributed by atoms with van der Waals surface area (Å²) in [6, 6.07) is 12.6. The molecule has 23 heavy (non-hydrogen) atoms. The van der Waals surface area contributed by atoms with E-state index < -0.39 is 18.0 Å². The molecule has 0 fully saturated rings. The Morgan fingerprint density at radius 1 is 1.22 bits per heavy atom. The molecule has 2 atom stereocenters. The van der Waals surface area contributed by atoms with Gasteiger partial charge in [-0.3, -0.25) is 4.79 Å². The number of halogens is 1. The zero-order valence-corrected chi connectivity index (χ0v) is 13.2. The maximum absolute atomic E-state index is 14.0. The van der Waals surface area contributed by atoms with Crippen LogP contribution in [0, 0.1) is 5.82 Å². The maximum atomic E-state index is 14.0. The average Bonchev–Trinajstić information content (AvgIpc) is 2.97. The Labute approximate surface area is 136 Å². The summed E-state index contributed by atoms with van der Waals surface area (Å²) in [5.41, 5.74) is 0.992. The van der Waals surface area contributed by atoms with Crippen LogP contribution in [0.2, 0.25) is 0 Å². The van der Waals surface area contributed by atoms with E-state index in [1.807, 2.05) is 24.3 Å². The number of nitrogens with one attached hydrogen (secondary N) is 1. The van der Waals surface area contributed by atoms with Crippen molar-refractivity contribution in [3.05, 3.63) is 64.8 Å². The number of hydrogen-bond donors (Lipinski definition) is 2. The second-order valence-electron chi connectivity index (χ2n) is 5.24. The Hall–Kier alpha value is -2.31. The Morgan fingerprint density at radius 2 is 1.91 bits per heavy atom. The first-order chi connectivity index (χ1) is 11.1. The van der Waals surface area contributed by atoms with E-state index in [0.717, 1.165) is 22.4 Å². The third-order valence-electron chi connectivity index (χ3n) is 3.60. The van der Waals surface area contributed by atoms with Crippen LogP contribution < -0.4 is 5.32 Å². The molecule has 2 N–H and O–H groups in total. The highest BCUT2D eigenvalue weighted by Crippen LogP contribution is 2.25. The topological polar surface area (TPSA) is 62.2 Å². The number of aromatic nitrogens is 1. The largest absolute Gasteiger partial charge is 0.391 e. The predicted molar refractivity (Wildman–Crippen MR) is 87.9 cm³/mol. The van der Waals surface area contributed by atoms with Gasteiger partial charge >= 0.3 is 0 Å². The molecule has 118 valence electrons. The Morgan fingerprint density at radius 3 is 2.65 bits per heavy atom. The minimum atomic E-state index is -0.935. The number of aliphatic hydroxyl groups excluding tert-OH is 1. The summed E-state index contributed by atoms with van der Waals surface area (Å²) in [6.07, 6.45) is -0.935. The molecule has 6 heteroatoms. The predicted octanol–water partition coefficient (Wildman–Crippen LogP) is 3.29. The number of aliphatic hydroxyl groups is 1. The van der Waals surface area contributed by atoms with Gasteiger partial charge in [-0.05, 0) is 30.6 Å². The van der Waals surface area contributed by atoms with Crippen LogP contribution in [0.15, 0.2) is 48.5 Å². The lowest BCUT2D eigenvalue weighted by Crippen LogP contribution is -2.35. The summed E-state index contributed by atoms with van der Waals surface area (Å²) in [5, 5.41) is 13.4. The molecule has 2 unspecified atom stereocenters. The quantitative estimate of drug-likeness (QED) is 0.772. The van der Waals surface area contributed by atoms with Crippen molar-refractivity contribution < 1.29 is 14.3 Å². The molecule has 0 radical (unpaired) electrons. The molecule has 0 aliphatic rings. The van der Waals surface area contributed by atoms with Crippen molar-refractivity contribution in [3.8, 4) is 0 Å². The second-order valence-corrected chi connectivity index (χ2v) is 6.02. The lowest BCUT2D eigenvalue weighted by Gasteiger charge is -2.22. The highest BCUT2D eigenvalue weighted by atomic mass is 32.1. The number of carbonyl (C=O) groups excluding carboxylic acids is 1. The monoisotopic (exact) mass is 330 g/mol. The van der Waals surface area contributed by atoms with Crippen LogP contribution in [0.25, 0.3) is 10.9 Å². The Bertz CT molecular complexity index is 847. The third-order valence-corrected chi connectivity index (χ3v) is 4.48. The van der Waals surface area contributed by atoms with E-state index in [-0.39, 0.29) is 11.5 Å². The zero-order valence-electron chi connectivity index (χ0n) is 12.4. The van der Waals surface area contributed by atoms with Crippen molar-refractivity contribution >= 4 is 28.3 Å². The number of rotatable bonds is 4. The van der Waals surface area contributed by atoms with Crippen LogP contribution in [0.5, 0.6) is 0 Å². The molecule has 1 aromatic heterocycles. The van der Waals surface area contributed by atoms with Crippen molar-refractivity contribution in [2.75, 3.05) is 0 Å². The number of benzene rings is 2. The van der Waals surface area contributed by atoms with Crippen molar-refractivity contribution in [1.82, 2.24) is 9.69 Å². The van der Waals surface area contributed by atoms with Crippen molar-refractivity contribution in [3.63, 3.8) is 0 Å². The smallest absolute Gasteiger partial charge is 0.264 e. The van der Waals surface area contributed by atoms with Crippen LogP contribution in [0.4, 0.5) is 4.39 Å². The van der Waals surface area contributed by atoms with Gasteiger partial charge < -0.3 is 10.4 Å². The molecule has 0 saturated carbocycles. The van der Waals surface area contributed by atoms with Gasteiger partial charge in [0.05, 0.1) is 17.7 Å². The van der Waals surface area contributed by atoms with Gasteiger partial charge in [0.15, 0.2) is 0 Å². The van der Waals surface area contributed by atoms with E-state index in [0.29, 0.717) is 4.88 Å². The number of amides is 1. The number of fused-ring (bicyclic) bond motifs is 1. The summed E-state index contributed by atoms with van der Waals surface area (Å²) in [7, 11) is 0. The van der Waals surface area contributed by atoms with Crippen LogP contribution >= 0.6 is 11.5 Å². The molecule has 0 aliphatic carbocycles. The van der Waals surface area contributed by atoms with Gasteiger partial charge in [-0.25, -0.2) is 4.39 Å². The van der Waals surface area contributed by atoms with Gasteiger partial charge in [0, 0.05) is 10.9 Å². The van der Waals surface area contributed by atoms with E-state index in [2.05, 4.69) is 9.69 Å². The summed E-state index contributed by atoms with van der Waals surface area (Å²) in [4.78, 5) is 13.0. The summed E-state index contributed by atoms with van der Waals surface area (Å²) >= 11 is 1.09. The number of hydrogen-bond acceptors (Lipinski definition) is 4. The SMILES string of the molecule is CC(O)C(NC(=O)c1snc2ccccc12)c1ccccc1F. The van der Waals surface area contributed by atoms with Gasteiger partial charge in [0.2, 0.25) is 0 Å². The molecule has 0 spiro atoms. The van der Waals surface area contributed by atoms with Crippen molar-refractivity contribution in [1.29, 1.82) is 0 Å². The highest BCUT2D eigenvalue weighted by molar-refractivity contribution is 7.09. The molecular weight excluding hydrogens is 315 g/mol. The molecule has 1 heterocycles. The lowest BCUT2D eigenvalue weighted by atomic mass is 10.0. The van der Waals surface area contributed by atoms with Gasteiger partial charge in [0.25, 0.3) is 5.91 Å². The fraction of sp³-hybridized carbons (Fsp3) is 0.176. The average molecular weight is 330 g/mol. The van der Waals surface area contributed by atoms with Gasteiger partial charge in [-0.1, -0.05) is 36.4 Å². The Balaban J connectivity index is 1.92. The minimum Gasteiger partial charge on any atom is -0.391 e. The van der Waals surface area contributed by atoms with Gasteiger partial charge in [-0.15, -0.1) is 0 Å². The zero-order chi connectivity index (χ0) is 16.4. The molecule has 2 aromatic carbocycles. The molecule has 3 aromatic rings. The van der Waals surface area contributed by atoms with E-state index in [1.54, 1.807) is 18.2 Å². The summed E-state index contributed by atoms with van der Waals surface area (Å²) < 4.78 is 18.2. The standard InChI is InChI=1S/C17H15FN2O2S/c1-10(21)15(11-6-2-4-8-13(11)18)19-17(22)16-12-7-3-5-9-14(12)20-23-16/h2-10,15,21H,1H3,(H,19,22). The van der Waals surface area contributed by atoms with Crippen LogP contribution in [-0.4, -0.2) is 21.5 Å². The van der Waals surface area contributed by atoms with E-state index >= 15 is 0 Å². The second kappa shape index (κ2) is 6.44. The lowest BCUT2D eigenvalue weighted by molar-refractivity contribution is 0.0860. The summed E-state index contributed by atoms with van der Waals surface area (Å²) in [6.45, 7) is 1.52. The maximum Gasteiger partial charge on any atom is 0.264 e. The fourth-order valence-corrected chi connectivity index (χ4v) is 3.21. The minimum absolute atomic E-state index is 0.254. The van der Waals surface area contributed by atoms with Gasteiger partial charge in [0.1, 0.15) is 10.7 Å². The van der Waals surface area contributed by atoms with Crippen LogP contribution in [-0.2, 0) is 0 Å². The van der Waals surface area contributed by atoms with E-state index in [4.69, 9.17) is 0 Å². The normalized spacial score (nSPS) is 13.7. The van der Waals surface area contributed by atoms with Gasteiger partial charge in [-0.2, -0.15) is 4.37 Å². The first kappa shape index (κ1) is 15.6. The van der Waals surface area contributed by atoms with Crippen LogP contribution in [0.3, 0.4) is 0 Å². The molecule has 4 nitrogen and oxygen atoms in total. The molecule has 0 bridgehead atoms.